The maximum Gasteiger partial charge on any atom is 0.160 e. The van der Waals surface area contributed by atoms with Crippen LogP contribution in [0, 0.1) is 0 Å². The first-order valence-electron chi connectivity index (χ1n) is 6.46. The van der Waals surface area contributed by atoms with Gasteiger partial charge in [0.25, 0.3) is 0 Å². The van der Waals surface area contributed by atoms with Crippen molar-refractivity contribution in [2.45, 2.75) is 12.5 Å². The van der Waals surface area contributed by atoms with Crippen LogP contribution in [-0.2, 0) is 6.42 Å². The summed E-state index contributed by atoms with van der Waals surface area (Å²) in [5, 5.41) is 0.662. The molecule has 0 radical (unpaired) electrons. The van der Waals surface area contributed by atoms with E-state index < -0.39 is 0 Å². The zero-order valence-corrected chi connectivity index (χ0v) is 14.2. The van der Waals surface area contributed by atoms with Gasteiger partial charge in [-0.3, -0.25) is 0 Å². The molecule has 3 nitrogen and oxygen atoms in total. The SMILES string of the molecule is COc1ccc(CC(N)c2ccc(Br)c(Cl)c2)cc1OC. The fourth-order valence-corrected chi connectivity index (χ4v) is 2.56. The molecule has 2 rings (SSSR count). The highest BCUT2D eigenvalue weighted by atomic mass is 79.9. The molecule has 0 spiro atoms. The maximum absolute atomic E-state index is 6.26. The molecule has 0 aliphatic heterocycles. The van der Waals surface area contributed by atoms with Crippen LogP contribution < -0.4 is 15.2 Å². The predicted octanol–water partition coefficient (Wildman–Crippen LogP) is 4.36. The van der Waals surface area contributed by atoms with Crippen LogP contribution in [0.2, 0.25) is 5.02 Å². The summed E-state index contributed by atoms with van der Waals surface area (Å²) >= 11 is 9.49. The summed E-state index contributed by atoms with van der Waals surface area (Å²) in [5.74, 6) is 1.41. The lowest BCUT2D eigenvalue weighted by atomic mass is 9.99. The topological polar surface area (TPSA) is 44.5 Å². The second kappa shape index (κ2) is 7.16. The van der Waals surface area contributed by atoms with Crippen molar-refractivity contribution in [3.05, 3.63) is 57.0 Å². The number of ether oxygens (including phenoxy) is 2. The van der Waals surface area contributed by atoms with E-state index in [4.69, 9.17) is 26.8 Å². The molecule has 5 heteroatoms. The van der Waals surface area contributed by atoms with Gasteiger partial charge in [0.2, 0.25) is 0 Å². The fourth-order valence-electron chi connectivity index (χ4n) is 2.12. The zero-order chi connectivity index (χ0) is 15.4. The normalized spacial score (nSPS) is 12.0. The monoisotopic (exact) mass is 369 g/mol. The van der Waals surface area contributed by atoms with E-state index in [9.17, 15) is 0 Å². The van der Waals surface area contributed by atoms with Crippen LogP contribution in [0.4, 0.5) is 0 Å². The molecule has 2 aromatic rings. The van der Waals surface area contributed by atoms with E-state index in [2.05, 4.69) is 15.9 Å². The van der Waals surface area contributed by atoms with Crippen LogP contribution in [0.3, 0.4) is 0 Å². The molecule has 0 fully saturated rings. The first-order chi connectivity index (χ1) is 10.0. The van der Waals surface area contributed by atoms with Crippen molar-refractivity contribution >= 4 is 27.5 Å². The molecule has 0 amide bonds. The lowest BCUT2D eigenvalue weighted by Crippen LogP contribution is -2.13. The van der Waals surface area contributed by atoms with Gasteiger partial charge >= 0.3 is 0 Å². The van der Waals surface area contributed by atoms with Crippen molar-refractivity contribution in [1.29, 1.82) is 0 Å². The van der Waals surface area contributed by atoms with Crippen molar-refractivity contribution in [3.8, 4) is 11.5 Å². The van der Waals surface area contributed by atoms with Crippen molar-refractivity contribution in [2.24, 2.45) is 5.73 Å². The lowest BCUT2D eigenvalue weighted by molar-refractivity contribution is 0.354. The summed E-state index contributed by atoms with van der Waals surface area (Å²) < 4.78 is 11.4. The predicted molar refractivity (Wildman–Crippen MR) is 89.3 cm³/mol. The number of hydrogen-bond donors (Lipinski definition) is 1. The largest absolute Gasteiger partial charge is 0.493 e. The van der Waals surface area contributed by atoms with Crippen molar-refractivity contribution < 1.29 is 9.47 Å². The molecule has 0 heterocycles. The summed E-state index contributed by atoms with van der Waals surface area (Å²) in [7, 11) is 3.24. The molecule has 2 N–H and O–H groups in total. The van der Waals surface area contributed by atoms with Gasteiger partial charge < -0.3 is 15.2 Å². The van der Waals surface area contributed by atoms with Crippen LogP contribution in [0.25, 0.3) is 0 Å². The Bertz CT molecular complexity index is 634. The summed E-state index contributed by atoms with van der Waals surface area (Å²) in [6.45, 7) is 0. The Morgan fingerprint density at radius 2 is 1.81 bits per heavy atom. The Hall–Kier alpha value is -1.23. The Morgan fingerprint density at radius 3 is 2.43 bits per heavy atom. The Kier molecular flexibility index (Phi) is 5.51. The van der Waals surface area contributed by atoms with Crippen molar-refractivity contribution in [2.75, 3.05) is 14.2 Å². The van der Waals surface area contributed by atoms with Crippen LogP contribution >= 0.6 is 27.5 Å². The second-order valence-corrected chi connectivity index (χ2v) is 5.94. The zero-order valence-electron chi connectivity index (χ0n) is 11.9. The molecule has 1 unspecified atom stereocenters. The van der Waals surface area contributed by atoms with Gasteiger partial charge in [0.15, 0.2) is 11.5 Å². The molecule has 2 aromatic carbocycles. The molecule has 0 saturated carbocycles. The van der Waals surface area contributed by atoms with E-state index in [1.807, 2.05) is 36.4 Å². The van der Waals surface area contributed by atoms with Crippen LogP contribution in [0.15, 0.2) is 40.9 Å². The van der Waals surface area contributed by atoms with E-state index in [-0.39, 0.29) is 6.04 Å². The van der Waals surface area contributed by atoms with Gasteiger partial charge in [-0.05, 0) is 57.7 Å². The average Bonchev–Trinajstić information content (AvgIpc) is 2.49. The minimum Gasteiger partial charge on any atom is -0.493 e. The number of nitrogens with two attached hydrogens (primary N) is 1. The number of hydrogen-bond acceptors (Lipinski definition) is 3. The number of halogens is 2. The van der Waals surface area contributed by atoms with Gasteiger partial charge in [-0.25, -0.2) is 0 Å². The molecule has 0 aliphatic rings. The molecule has 112 valence electrons. The molecule has 0 aliphatic carbocycles. The van der Waals surface area contributed by atoms with E-state index in [0.717, 1.165) is 15.6 Å². The third-order valence-corrected chi connectivity index (χ3v) is 4.51. The summed E-state index contributed by atoms with van der Waals surface area (Å²) in [5.41, 5.74) is 8.34. The molecule has 21 heavy (non-hydrogen) atoms. The summed E-state index contributed by atoms with van der Waals surface area (Å²) in [6.07, 6.45) is 0.693. The molecule has 1 atom stereocenters. The Morgan fingerprint density at radius 1 is 1.10 bits per heavy atom. The summed E-state index contributed by atoms with van der Waals surface area (Å²) in [4.78, 5) is 0. The van der Waals surface area contributed by atoms with Crippen LogP contribution in [0.5, 0.6) is 11.5 Å². The second-order valence-electron chi connectivity index (χ2n) is 4.67. The van der Waals surface area contributed by atoms with Crippen molar-refractivity contribution in [1.82, 2.24) is 0 Å². The minimum absolute atomic E-state index is 0.131. The van der Waals surface area contributed by atoms with Crippen LogP contribution in [0.1, 0.15) is 17.2 Å². The summed E-state index contributed by atoms with van der Waals surface area (Å²) in [6, 6.07) is 11.5. The number of methoxy groups -OCH3 is 2. The molecular formula is C16H17BrClNO2. The molecule has 0 aromatic heterocycles. The quantitative estimate of drug-likeness (QED) is 0.850. The highest BCUT2D eigenvalue weighted by Crippen LogP contribution is 2.30. The van der Waals surface area contributed by atoms with Gasteiger partial charge in [0, 0.05) is 10.5 Å². The number of rotatable bonds is 5. The fraction of sp³-hybridized carbons (Fsp3) is 0.250. The van der Waals surface area contributed by atoms with Crippen LogP contribution in [-0.4, -0.2) is 14.2 Å². The highest BCUT2D eigenvalue weighted by molar-refractivity contribution is 9.10. The minimum atomic E-state index is -0.131. The van der Waals surface area contributed by atoms with E-state index >= 15 is 0 Å². The smallest absolute Gasteiger partial charge is 0.160 e. The number of benzene rings is 2. The highest BCUT2D eigenvalue weighted by Gasteiger charge is 2.11. The van der Waals surface area contributed by atoms with Gasteiger partial charge in [0.1, 0.15) is 0 Å². The van der Waals surface area contributed by atoms with Gasteiger partial charge in [-0.1, -0.05) is 23.7 Å². The first kappa shape index (κ1) is 16.1. The van der Waals surface area contributed by atoms with E-state index in [0.29, 0.717) is 22.9 Å². The molecular weight excluding hydrogens is 354 g/mol. The molecule has 0 saturated heterocycles. The van der Waals surface area contributed by atoms with Gasteiger partial charge in [-0.15, -0.1) is 0 Å². The molecule has 0 bridgehead atoms. The van der Waals surface area contributed by atoms with Crippen molar-refractivity contribution in [3.63, 3.8) is 0 Å². The first-order valence-corrected chi connectivity index (χ1v) is 7.63. The lowest BCUT2D eigenvalue weighted by Gasteiger charge is -2.15. The van der Waals surface area contributed by atoms with Gasteiger partial charge in [-0.2, -0.15) is 0 Å². The maximum atomic E-state index is 6.26. The Balaban J connectivity index is 2.18. The third-order valence-electron chi connectivity index (χ3n) is 3.28. The average molecular weight is 371 g/mol. The standard InChI is InChI=1S/C16H17BrClNO2/c1-20-15-6-3-10(8-16(15)21-2)7-14(19)11-4-5-12(17)13(18)9-11/h3-6,8-9,14H,7,19H2,1-2H3. The third kappa shape index (κ3) is 3.90. The Labute approximate surface area is 138 Å². The van der Waals surface area contributed by atoms with Gasteiger partial charge in [0.05, 0.1) is 19.2 Å². The van der Waals surface area contributed by atoms with E-state index in [1.54, 1.807) is 14.2 Å². The van der Waals surface area contributed by atoms with E-state index in [1.165, 1.54) is 0 Å².